The Morgan fingerprint density at radius 1 is 1.47 bits per heavy atom. The third-order valence-corrected chi connectivity index (χ3v) is 2.73. The van der Waals surface area contributed by atoms with Gasteiger partial charge >= 0.3 is 0 Å². The van der Waals surface area contributed by atoms with E-state index in [-0.39, 0.29) is 12.4 Å². The van der Waals surface area contributed by atoms with Crippen molar-refractivity contribution in [3.05, 3.63) is 34.4 Å². The maximum atomic E-state index is 12.9. The first-order valence-corrected chi connectivity index (χ1v) is 5.85. The Hall–Kier alpha value is -1.27. The second-order valence-electron chi connectivity index (χ2n) is 3.27. The van der Waals surface area contributed by atoms with E-state index in [0.717, 1.165) is 0 Å². The molecule has 0 saturated heterocycles. The van der Waals surface area contributed by atoms with Gasteiger partial charge in [-0.25, -0.2) is 4.39 Å². The minimum atomic E-state index is -0.321. The van der Waals surface area contributed by atoms with Gasteiger partial charge in [-0.1, -0.05) is 5.16 Å². The summed E-state index contributed by atoms with van der Waals surface area (Å²) in [6.07, 6.45) is 0. The highest BCUT2D eigenvalue weighted by molar-refractivity contribution is 9.10. The van der Waals surface area contributed by atoms with Gasteiger partial charge in [0.15, 0.2) is 0 Å². The van der Waals surface area contributed by atoms with Crippen molar-refractivity contribution >= 4 is 15.9 Å². The summed E-state index contributed by atoms with van der Waals surface area (Å²) in [5, 5.41) is 3.81. The molecule has 2 rings (SSSR count). The summed E-state index contributed by atoms with van der Waals surface area (Å²) in [4.78, 5) is 4.15. The minimum Gasteiger partial charge on any atom is -0.372 e. The van der Waals surface area contributed by atoms with E-state index >= 15 is 0 Å². The fraction of sp³-hybridized carbons (Fsp3) is 0.273. The Morgan fingerprint density at radius 2 is 2.29 bits per heavy atom. The van der Waals surface area contributed by atoms with Gasteiger partial charge in [-0.2, -0.15) is 4.98 Å². The third kappa shape index (κ3) is 2.89. The molecular weight excluding hydrogens is 291 g/mol. The van der Waals surface area contributed by atoms with E-state index in [1.54, 1.807) is 6.07 Å². The molecule has 0 aliphatic carbocycles. The number of aromatic nitrogens is 2. The lowest BCUT2D eigenvalue weighted by Crippen LogP contribution is -1.91. The second-order valence-corrected chi connectivity index (χ2v) is 4.13. The summed E-state index contributed by atoms with van der Waals surface area (Å²) in [5.41, 5.74) is 0.679. The normalized spacial score (nSPS) is 10.8. The van der Waals surface area contributed by atoms with E-state index in [9.17, 15) is 4.39 Å². The van der Waals surface area contributed by atoms with Gasteiger partial charge in [0.2, 0.25) is 5.82 Å². The molecular formula is C11H10BrFN2O2. The Labute approximate surface area is 106 Å². The average molecular weight is 301 g/mol. The first kappa shape index (κ1) is 12.2. The Kier molecular flexibility index (Phi) is 3.86. The van der Waals surface area contributed by atoms with Gasteiger partial charge in [0.05, 0.1) is 0 Å². The van der Waals surface area contributed by atoms with Crippen LogP contribution in [0.2, 0.25) is 0 Å². The smallest absolute Gasteiger partial charge is 0.252 e. The van der Waals surface area contributed by atoms with Crippen LogP contribution in [-0.2, 0) is 11.3 Å². The molecule has 0 N–H and O–H groups in total. The largest absolute Gasteiger partial charge is 0.372 e. The lowest BCUT2D eigenvalue weighted by molar-refractivity contribution is 0.109. The highest BCUT2D eigenvalue weighted by Gasteiger charge is 2.11. The second kappa shape index (κ2) is 5.37. The highest BCUT2D eigenvalue weighted by atomic mass is 79.9. The van der Waals surface area contributed by atoms with E-state index in [1.165, 1.54) is 12.1 Å². The predicted octanol–water partition coefficient (Wildman–Crippen LogP) is 3.17. The number of rotatable bonds is 4. The van der Waals surface area contributed by atoms with Crippen molar-refractivity contribution in [3.8, 4) is 11.4 Å². The van der Waals surface area contributed by atoms with Crippen molar-refractivity contribution in [2.45, 2.75) is 13.5 Å². The molecule has 0 amide bonds. The molecule has 0 radical (unpaired) electrons. The van der Waals surface area contributed by atoms with Gasteiger partial charge in [0.25, 0.3) is 5.89 Å². The molecule has 1 aromatic heterocycles. The quantitative estimate of drug-likeness (QED) is 0.870. The summed E-state index contributed by atoms with van der Waals surface area (Å²) in [5.74, 6) is 0.489. The van der Waals surface area contributed by atoms with Gasteiger partial charge in [-0.3, -0.25) is 0 Å². The van der Waals surface area contributed by atoms with Gasteiger partial charge in [0.1, 0.15) is 12.4 Å². The maximum Gasteiger partial charge on any atom is 0.252 e. The van der Waals surface area contributed by atoms with Crippen molar-refractivity contribution in [3.63, 3.8) is 0 Å². The van der Waals surface area contributed by atoms with E-state index in [4.69, 9.17) is 9.26 Å². The van der Waals surface area contributed by atoms with Crippen molar-refractivity contribution in [2.75, 3.05) is 6.61 Å². The number of hydrogen-bond donors (Lipinski definition) is 0. The molecule has 17 heavy (non-hydrogen) atoms. The Bertz CT molecular complexity index is 516. The van der Waals surface area contributed by atoms with Crippen LogP contribution in [0.5, 0.6) is 0 Å². The molecule has 0 spiro atoms. The minimum absolute atomic E-state index is 0.280. The van der Waals surface area contributed by atoms with Crippen LogP contribution in [0.1, 0.15) is 12.8 Å². The zero-order valence-electron chi connectivity index (χ0n) is 9.11. The van der Waals surface area contributed by atoms with Crippen molar-refractivity contribution in [1.29, 1.82) is 0 Å². The van der Waals surface area contributed by atoms with Gasteiger partial charge in [-0.15, -0.1) is 0 Å². The lowest BCUT2D eigenvalue weighted by atomic mass is 10.2. The molecule has 0 unspecified atom stereocenters. The van der Waals surface area contributed by atoms with Crippen molar-refractivity contribution in [2.24, 2.45) is 0 Å². The SMILES string of the molecule is CCOCc1nc(-c2ccc(F)cc2Br)no1. The molecule has 1 aromatic carbocycles. The summed E-state index contributed by atoms with van der Waals surface area (Å²) in [6, 6.07) is 4.29. The first-order chi connectivity index (χ1) is 8.20. The Morgan fingerprint density at radius 3 is 3.00 bits per heavy atom. The predicted molar refractivity (Wildman–Crippen MR) is 62.7 cm³/mol. The molecule has 0 aliphatic rings. The number of benzene rings is 1. The number of halogens is 2. The van der Waals surface area contributed by atoms with Crippen LogP contribution in [-0.4, -0.2) is 16.7 Å². The van der Waals surface area contributed by atoms with Crippen LogP contribution >= 0.6 is 15.9 Å². The number of hydrogen-bond acceptors (Lipinski definition) is 4. The molecule has 90 valence electrons. The van der Waals surface area contributed by atoms with Crippen LogP contribution in [0.4, 0.5) is 4.39 Å². The zero-order valence-corrected chi connectivity index (χ0v) is 10.7. The molecule has 4 nitrogen and oxygen atoms in total. The molecule has 0 atom stereocenters. The highest BCUT2D eigenvalue weighted by Crippen LogP contribution is 2.26. The molecule has 0 aliphatic heterocycles. The molecule has 0 fully saturated rings. The van der Waals surface area contributed by atoms with Gasteiger partial charge in [-0.05, 0) is 41.1 Å². The maximum absolute atomic E-state index is 12.9. The summed E-state index contributed by atoms with van der Waals surface area (Å²) >= 11 is 3.25. The standard InChI is InChI=1S/C11H10BrFN2O2/c1-2-16-6-10-14-11(15-17-10)8-4-3-7(13)5-9(8)12/h3-5H,2,6H2,1H3. The fourth-order valence-corrected chi connectivity index (χ4v) is 1.81. The fourth-order valence-electron chi connectivity index (χ4n) is 1.28. The summed E-state index contributed by atoms with van der Waals surface area (Å²) in [7, 11) is 0. The van der Waals surface area contributed by atoms with E-state index in [2.05, 4.69) is 26.1 Å². The van der Waals surface area contributed by atoms with Crippen LogP contribution in [0.15, 0.2) is 27.2 Å². The van der Waals surface area contributed by atoms with Crippen molar-refractivity contribution < 1.29 is 13.7 Å². The number of ether oxygens (including phenoxy) is 1. The molecule has 0 bridgehead atoms. The number of nitrogens with zero attached hydrogens (tertiary/aromatic N) is 2. The molecule has 2 aromatic rings. The lowest BCUT2D eigenvalue weighted by Gasteiger charge is -1.98. The monoisotopic (exact) mass is 300 g/mol. The van der Waals surface area contributed by atoms with Crippen LogP contribution < -0.4 is 0 Å². The van der Waals surface area contributed by atoms with Gasteiger partial charge < -0.3 is 9.26 Å². The van der Waals surface area contributed by atoms with Crippen LogP contribution in [0.3, 0.4) is 0 Å². The van der Waals surface area contributed by atoms with Crippen molar-refractivity contribution in [1.82, 2.24) is 10.1 Å². The topological polar surface area (TPSA) is 48.2 Å². The van der Waals surface area contributed by atoms with E-state index in [1.807, 2.05) is 6.92 Å². The van der Waals surface area contributed by atoms with Gasteiger partial charge in [0, 0.05) is 16.6 Å². The molecule has 6 heteroatoms. The molecule has 0 saturated carbocycles. The van der Waals surface area contributed by atoms with Crippen LogP contribution in [0, 0.1) is 5.82 Å². The van der Waals surface area contributed by atoms with Crippen LogP contribution in [0.25, 0.3) is 11.4 Å². The average Bonchev–Trinajstić information content (AvgIpc) is 2.75. The Balaban J connectivity index is 2.24. The third-order valence-electron chi connectivity index (χ3n) is 2.07. The van der Waals surface area contributed by atoms with E-state index in [0.29, 0.717) is 28.4 Å². The molecule has 1 heterocycles. The summed E-state index contributed by atoms with van der Waals surface area (Å²) < 4.78 is 23.7. The summed E-state index contributed by atoms with van der Waals surface area (Å²) in [6.45, 7) is 2.74. The zero-order chi connectivity index (χ0) is 12.3. The van der Waals surface area contributed by atoms with E-state index < -0.39 is 0 Å². The first-order valence-electron chi connectivity index (χ1n) is 5.06.